The van der Waals surface area contributed by atoms with Crippen LogP contribution in [0.25, 0.3) is 0 Å². The van der Waals surface area contributed by atoms with E-state index in [2.05, 4.69) is 10.2 Å². The Hall–Kier alpha value is -1.57. The normalized spacial score (nSPS) is 10.1. The second kappa shape index (κ2) is 5.50. The summed E-state index contributed by atoms with van der Waals surface area (Å²) in [5, 5.41) is 16.3. The molecule has 1 aromatic heterocycles. The van der Waals surface area contributed by atoms with Gasteiger partial charge in [0.05, 0.1) is 5.75 Å². The first-order chi connectivity index (χ1) is 7.50. The molecule has 1 aromatic rings. The Kier molecular flexibility index (Phi) is 4.29. The van der Waals surface area contributed by atoms with E-state index in [4.69, 9.17) is 5.11 Å². The van der Waals surface area contributed by atoms with Crippen molar-refractivity contribution in [1.29, 1.82) is 0 Å². The van der Waals surface area contributed by atoms with Crippen LogP contribution in [0.4, 0.5) is 0 Å². The number of nitrogens with zero attached hydrogens (tertiary/aromatic N) is 4. The molecule has 0 aliphatic rings. The zero-order chi connectivity index (χ0) is 12.1. The molecule has 0 aromatic carbocycles. The monoisotopic (exact) mass is 244 g/mol. The zero-order valence-electron chi connectivity index (χ0n) is 8.95. The van der Waals surface area contributed by atoms with Gasteiger partial charge in [-0.1, -0.05) is 11.8 Å². The van der Waals surface area contributed by atoms with E-state index in [1.54, 1.807) is 14.1 Å². The van der Waals surface area contributed by atoms with Crippen LogP contribution in [-0.2, 0) is 16.1 Å². The number of carboxylic acids is 1. The van der Waals surface area contributed by atoms with Crippen molar-refractivity contribution in [2.75, 3.05) is 19.8 Å². The Balaban J connectivity index is 2.63. The van der Waals surface area contributed by atoms with E-state index in [-0.39, 0.29) is 18.2 Å². The number of likely N-dealkylation sites (N-methyl/N-ethyl adjacent to an activating group) is 1. The molecule has 1 heterocycles. The third-order valence-electron chi connectivity index (χ3n) is 1.71. The summed E-state index contributed by atoms with van der Waals surface area (Å²) < 4.78 is 1.52. The number of carbonyl (C=O) groups is 2. The van der Waals surface area contributed by atoms with Gasteiger partial charge < -0.3 is 10.0 Å². The summed E-state index contributed by atoms with van der Waals surface area (Å²) in [6.45, 7) is 0.113. The van der Waals surface area contributed by atoms with Crippen LogP contribution < -0.4 is 0 Å². The molecular formula is C8H12N4O3S. The van der Waals surface area contributed by atoms with Gasteiger partial charge in [-0.15, -0.1) is 10.2 Å². The highest BCUT2D eigenvalue weighted by atomic mass is 32.2. The minimum Gasteiger partial charge on any atom is -0.481 e. The maximum atomic E-state index is 11.4. The van der Waals surface area contributed by atoms with E-state index < -0.39 is 5.97 Å². The highest BCUT2D eigenvalue weighted by Crippen LogP contribution is 2.14. The fourth-order valence-corrected chi connectivity index (χ4v) is 1.51. The highest BCUT2D eigenvalue weighted by Gasteiger charge is 2.11. The van der Waals surface area contributed by atoms with Crippen LogP contribution >= 0.6 is 11.8 Å². The molecule has 0 fully saturated rings. The number of carbonyl (C=O) groups excluding carboxylic acids is 1. The fraction of sp³-hybridized carbons (Fsp3) is 0.500. The van der Waals surface area contributed by atoms with Gasteiger partial charge in [0, 0.05) is 14.1 Å². The van der Waals surface area contributed by atoms with E-state index in [9.17, 15) is 9.59 Å². The lowest BCUT2D eigenvalue weighted by Crippen LogP contribution is -2.26. The second-order valence-corrected chi connectivity index (χ2v) is 4.15. The molecule has 0 atom stereocenters. The molecule has 88 valence electrons. The number of hydrogen-bond acceptors (Lipinski definition) is 5. The number of aliphatic carboxylic acids is 1. The third-order valence-corrected chi connectivity index (χ3v) is 2.67. The topological polar surface area (TPSA) is 88.3 Å². The molecule has 0 bridgehead atoms. The average molecular weight is 244 g/mol. The van der Waals surface area contributed by atoms with E-state index >= 15 is 0 Å². The lowest BCUT2D eigenvalue weighted by Gasteiger charge is -2.11. The van der Waals surface area contributed by atoms with Gasteiger partial charge in [0.1, 0.15) is 12.9 Å². The number of hydrogen-bond donors (Lipinski definition) is 1. The molecule has 0 saturated heterocycles. The number of carboxylic acid groups (broad SMARTS) is 1. The van der Waals surface area contributed by atoms with Crippen molar-refractivity contribution in [2.24, 2.45) is 0 Å². The summed E-state index contributed by atoms with van der Waals surface area (Å²) >= 11 is 1.03. The molecule has 0 aliphatic carbocycles. The fourth-order valence-electron chi connectivity index (χ4n) is 0.878. The van der Waals surface area contributed by atoms with Crippen molar-refractivity contribution >= 4 is 23.6 Å². The predicted octanol–water partition coefficient (Wildman–Crippen LogP) is -0.457. The van der Waals surface area contributed by atoms with Crippen molar-refractivity contribution in [3.8, 4) is 0 Å². The molecule has 0 spiro atoms. The first-order valence-electron chi connectivity index (χ1n) is 4.43. The first-order valence-corrected chi connectivity index (χ1v) is 5.42. The van der Waals surface area contributed by atoms with Gasteiger partial charge in [0.25, 0.3) is 0 Å². The molecule has 16 heavy (non-hydrogen) atoms. The van der Waals surface area contributed by atoms with Crippen molar-refractivity contribution in [3.63, 3.8) is 0 Å². The highest BCUT2D eigenvalue weighted by molar-refractivity contribution is 7.99. The Morgan fingerprint density at radius 2 is 2.25 bits per heavy atom. The smallest absolute Gasteiger partial charge is 0.313 e. The minimum atomic E-state index is -0.932. The quantitative estimate of drug-likeness (QED) is 0.705. The van der Waals surface area contributed by atoms with Crippen LogP contribution in [0.5, 0.6) is 0 Å². The first kappa shape index (κ1) is 12.5. The minimum absolute atomic E-state index is 0.100. The van der Waals surface area contributed by atoms with Crippen LogP contribution in [0.15, 0.2) is 11.5 Å². The van der Waals surface area contributed by atoms with Crippen LogP contribution in [0.2, 0.25) is 0 Å². The van der Waals surface area contributed by atoms with Crippen molar-refractivity contribution in [3.05, 3.63) is 6.33 Å². The van der Waals surface area contributed by atoms with Gasteiger partial charge in [-0.05, 0) is 0 Å². The Bertz CT molecular complexity index is 390. The Morgan fingerprint density at radius 1 is 1.56 bits per heavy atom. The molecule has 0 radical (unpaired) electrons. The predicted molar refractivity (Wildman–Crippen MR) is 57.1 cm³/mol. The SMILES string of the molecule is CN(C)C(=O)Cn1cnnc1SCC(=O)O. The van der Waals surface area contributed by atoms with E-state index in [1.807, 2.05) is 0 Å². The van der Waals surface area contributed by atoms with Gasteiger partial charge in [-0.2, -0.15) is 0 Å². The Labute approximate surface area is 96.4 Å². The molecule has 7 nitrogen and oxygen atoms in total. The zero-order valence-corrected chi connectivity index (χ0v) is 9.77. The van der Waals surface area contributed by atoms with Crippen LogP contribution in [-0.4, -0.2) is 56.5 Å². The van der Waals surface area contributed by atoms with Gasteiger partial charge in [-0.3, -0.25) is 14.2 Å². The molecule has 0 unspecified atom stereocenters. The molecule has 1 amide bonds. The molecule has 1 rings (SSSR count). The summed E-state index contributed by atoms with van der Waals surface area (Å²) in [7, 11) is 3.30. The molecule has 0 aliphatic heterocycles. The van der Waals surface area contributed by atoms with Gasteiger partial charge in [0.2, 0.25) is 5.91 Å². The van der Waals surface area contributed by atoms with E-state index in [0.29, 0.717) is 5.16 Å². The summed E-state index contributed by atoms with van der Waals surface area (Å²) in [5.74, 6) is -1.13. The Morgan fingerprint density at radius 3 is 2.81 bits per heavy atom. The molecule has 0 saturated carbocycles. The average Bonchev–Trinajstić information content (AvgIpc) is 2.62. The van der Waals surface area contributed by atoms with Gasteiger partial charge in [-0.25, -0.2) is 0 Å². The number of rotatable bonds is 5. The lowest BCUT2D eigenvalue weighted by atomic mass is 10.5. The van der Waals surface area contributed by atoms with Crippen LogP contribution in [0.3, 0.4) is 0 Å². The van der Waals surface area contributed by atoms with E-state index in [0.717, 1.165) is 11.8 Å². The van der Waals surface area contributed by atoms with Crippen LogP contribution in [0, 0.1) is 0 Å². The number of aromatic nitrogens is 3. The second-order valence-electron chi connectivity index (χ2n) is 3.21. The molecular weight excluding hydrogens is 232 g/mol. The van der Waals surface area contributed by atoms with Crippen molar-refractivity contribution in [1.82, 2.24) is 19.7 Å². The number of amides is 1. The van der Waals surface area contributed by atoms with Crippen molar-refractivity contribution < 1.29 is 14.7 Å². The number of thioether (sulfide) groups is 1. The lowest BCUT2D eigenvalue weighted by molar-refractivity contribution is -0.134. The van der Waals surface area contributed by atoms with Crippen LogP contribution in [0.1, 0.15) is 0 Å². The van der Waals surface area contributed by atoms with Gasteiger partial charge in [0.15, 0.2) is 5.16 Å². The molecule has 8 heteroatoms. The summed E-state index contributed by atoms with van der Waals surface area (Å²) in [6.07, 6.45) is 1.41. The van der Waals surface area contributed by atoms with E-state index in [1.165, 1.54) is 15.8 Å². The maximum Gasteiger partial charge on any atom is 0.313 e. The third kappa shape index (κ3) is 3.54. The largest absolute Gasteiger partial charge is 0.481 e. The standard InChI is InChI=1S/C8H12N4O3S/c1-11(2)6(13)3-12-5-9-10-8(12)16-4-7(14)15/h5H,3-4H2,1-2H3,(H,14,15). The van der Waals surface area contributed by atoms with Gasteiger partial charge >= 0.3 is 5.97 Å². The van der Waals surface area contributed by atoms with Crippen molar-refractivity contribution in [2.45, 2.75) is 11.7 Å². The molecule has 1 N–H and O–H groups in total. The summed E-state index contributed by atoms with van der Waals surface area (Å²) in [5.41, 5.74) is 0. The summed E-state index contributed by atoms with van der Waals surface area (Å²) in [6, 6.07) is 0. The summed E-state index contributed by atoms with van der Waals surface area (Å²) in [4.78, 5) is 23.3. The maximum absolute atomic E-state index is 11.4.